The number of carbonyl (C=O) groups excluding carboxylic acids is 1. The van der Waals surface area contributed by atoms with Gasteiger partial charge in [-0.25, -0.2) is 0 Å². The van der Waals surface area contributed by atoms with Crippen LogP contribution in [0.25, 0.3) is 0 Å². The molecule has 0 saturated carbocycles. The van der Waals surface area contributed by atoms with Gasteiger partial charge < -0.3 is 19.7 Å². The first-order chi connectivity index (χ1) is 15.2. The van der Waals surface area contributed by atoms with E-state index in [-0.39, 0.29) is 5.91 Å². The normalized spacial score (nSPS) is 17.7. The zero-order valence-corrected chi connectivity index (χ0v) is 21.3. The van der Waals surface area contributed by atoms with E-state index in [0.29, 0.717) is 37.9 Å². The Morgan fingerprint density at radius 1 is 1.16 bits per heavy atom. The molecule has 0 aliphatic carbocycles. The van der Waals surface area contributed by atoms with Gasteiger partial charge in [0.2, 0.25) is 0 Å². The third-order valence-electron chi connectivity index (χ3n) is 6.05. The van der Waals surface area contributed by atoms with Crippen LogP contribution in [0, 0.1) is 17.8 Å². The SMILES string of the molecule is CCOC(CC(C)C)(CC(C)C)C(=O)Nc1ccc(OCCCN2CCC[C@@H](C)C2)cc1. The van der Waals surface area contributed by atoms with Gasteiger partial charge in [-0.3, -0.25) is 4.79 Å². The van der Waals surface area contributed by atoms with Crippen LogP contribution in [0.15, 0.2) is 24.3 Å². The summed E-state index contributed by atoms with van der Waals surface area (Å²) in [6, 6.07) is 7.71. The van der Waals surface area contributed by atoms with Crippen LogP contribution in [0.4, 0.5) is 5.69 Å². The highest BCUT2D eigenvalue weighted by Gasteiger charge is 2.40. The summed E-state index contributed by atoms with van der Waals surface area (Å²) in [5.74, 6) is 2.35. The highest BCUT2D eigenvalue weighted by Crippen LogP contribution is 2.31. The van der Waals surface area contributed by atoms with Crippen LogP contribution in [-0.4, -0.2) is 49.3 Å². The Morgan fingerprint density at radius 3 is 2.38 bits per heavy atom. The molecule has 0 unspecified atom stereocenters. The Labute approximate surface area is 196 Å². The van der Waals surface area contributed by atoms with Gasteiger partial charge in [-0.05, 0) is 87.6 Å². The fourth-order valence-corrected chi connectivity index (χ4v) is 4.89. The average molecular weight is 447 g/mol. The number of carbonyl (C=O) groups is 1. The van der Waals surface area contributed by atoms with Crippen molar-refractivity contribution in [1.29, 1.82) is 0 Å². The van der Waals surface area contributed by atoms with E-state index in [1.807, 2.05) is 31.2 Å². The lowest BCUT2D eigenvalue weighted by Gasteiger charge is -2.35. The van der Waals surface area contributed by atoms with Crippen LogP contribution < -0.4 is 10.1 Å². The Balaban J connectivity index is 1.88. The largest absolute Gasteiger partial charge is 0.494 e. The zero-order valence-electron chi connectivity index (χ0n) is 21.3. The number of rotatable bonds is 13. The summed E-state index contributed by atoms with van der Waals surface area (Å²) in [5.41, 5.74) is -0.0145. The van der Waals surface area contributed by atoms with E-state index < -0.39 is 5.60 Å². The first-order valence-electron chi connectivity index (χ1n) is 12.6. The number of ether oxygens (including phenoxy) is 2. The lowest BCUT2D eigenvalue weighted by Crippen LogP contribution is -2.47. The Morgan fingerprint density at radius 2 is 1.81 bits per heavy atom. The molecule has 5 heteroatoms. The first-order valence-corrected chi connectivity index (χ1v) is 12.6. The molecule has 1 aromatic carbocycles. The molecule has 1 N–H and O–H groups in total. The van der Waals surface area contributed by atoms with Gasteiger partial charge in [0.15, 0.2) is 0 Å². The van der Waals surface area contributed by atoms with Gasteiger partial charge in [0, 0.05) is 25.4 Å². The number of hydrogen-bond donors (Lipinski definition) is 1. The number of likely N-dealkylation sites (tertiary alicyclic amines) is 1. The second kappa shape index (κ2) is 13.2. The lowest BCUT2D eigenvalue weighted by atomic mass is 9.83. The maximum atomic E-state index is 13.3. The fourth-order valence-electron chi connectivity index (χ4n) is 4.89. The van der Waals surface area contributed by atoms with Crippen molar-refractivity contribution in [3.05, 3.63) is 24.3 Å². The van der Waals surface area contributed by atoms with Crippen LogP contribution in [0.1, 0.15) is 73.6 Å². The second-order valence-corrected chi connectivity index (χ2v) is 10.4. The third kappa shape index (κ3) is 8.74. The molecule has 182 valence electrons. The molecule has 0 spiro atoms. The van der Waals surface area contributed by atoms with E-state index in [1.54, 1.807) is 0 Å². The van der Waals surface area contributed by atoms with E-state index in [1.165, 1.54) is 25.9 Å². The Kier molecular flexibility index (Phi) is 11.0. The summed E-state index contributed by atoms with van der Waals surface area (Å²) in [6.45, 7) is 17.6. The minimum Gasteiger partial charge on any atom is -0.494 e. The minimum absolute atomic E-state index is 0.0498. The fraction of sp³-hybridized carbons (Fsp3) is 0.741. The Hall–Kier alpha value is -1.59. The number of nitrogens with one attached hydrogen (secondary N) is 1. The van der Waals surface area contributed by atoms with Crippen molar-refractivity contribution in [2.24, 2.45) is 17.8 Å². The van der Waals surface area contributed by atoms with E-state index in [4.69, 9.17) is 9.47 Å². The predicted octanol–water partition coefficient (Wildman–Crippen LogP) is 5.99. The molecule has 1 atom stereocenters. The van der Waals surface area contributed by atoms with Crippen molar-refractivity contribution < 1.29 is 14.3 Å². The smallest absolute Gasteiger partial charge is 0.256 e. The van der Waals surface area contributed by atoms with Gasteiger partial charge in [-0.2, -0.15) is 0 Å². The molecule has 1 aliphatic heterocycles. The van der Waals surface area contributed by atoms with Gasteiger partial charge in [-0.15, -0.1) is 0 Å². The molecular formula is C27H46N2O3. The molecule has 1 fully saturated rings. The Bertz CT molecular complexity index is 662. The lowest BCUT2D eigenvalue weighted by molar-refractivity contribution is -0.146. The maximum Gasteiger partial charge on any atom is 0.256 e. The molecule has 2 rings (SSSR count). The van der Waals surface area contributed by atoms with Crippen LogP contribution in [0.3, 0.4) is 0 Å². The van der Waals surface area contributed by atoms with Gasteiger partial charge in [0.25, 0.3) is 5.91 Å². The molecule has 0 aromatic heterocycles. The molecule has 0 bridgehead atoms. The number of amides is 1. The summed E-state index contributed by atoms with van der Waals surface area (Å²) < 4.78 is 12.0. The zero-order chi connectivity index (χ0) is 23.6. The monoisotopic (exact) mass is 446 g/mol. The minimum atomic E-state index is -0.793. The van der Waals surface area contributed by atoms with Crippen LogP contribution in [0.5, 0.6) is 5.75 Å². The summed E-state index contributed by atoms with van der Waals surface area (Å²) >= 11 is 0. The molecule has 5 nitrogen and oxygen atoms in total. The summed E-state index contributed by atoms with van der Waals surface area (Å²) in [4.78, 5) is 15.8. The summed E-state index contributed by atoms with van der Waals surface area (Å²) in [5, 5.41) is 3.09. The van der Waals surface area contributed by atoms with E-state index in [2.05, 4.69) is 44.8 Å². The van der Waals surface area contributed by atoms with Gasteiger partial charge in [-0.1, -0.05) is 34.6 Å². The predicted molar refractivity (Wildman–Crippen MR) is 133 cm³/mol. The van der Waals surface area contributed by atoms with Crippen LogP contribution in [0.2, 0.25) is 0 Å². The molecule has 0 radical (unpaired) electrons. The quantitative estimate of drug-likeness (QED) is 0.378. The van der Waals surface area contributed by atoms with Crippen molar-refractivity contribution in [3.8, 4) is 5.75 Å². The standard InChI is InChI=1S/C27H46N2O3/c1-7-32-27(18-21(2)3,19-22(4)5)26(30)28-24-11-13-25(14-12-24)31-17-9-16-29-15-8-10-23(6)20-29/h11-14,21-23H,7-10,15-20H2,1-6H3,(H,28,30)/t23-/m1/s1. The number of piperidine rings is 1. The van der Waals surface area contributed by atoms with E-state index >= 15 is 0 Å². The molecule has 1 amide bonds. The molecule has 1 aliphatic rings. The van der Waals surface area contributed by atoms with Crippen LogP contribution >= 0.6 is 0 Å². The molecule has 32 heavy (non-hydrogen) atoms. The topological polar surface area (TPSA) is 50.8 Å². The van der Waals surface area contributed by atoms with Gasteiger partial charge in [0.1, 0.15) is 11.4 Å². The highest BCUT2D eigenvalue weighted by atomic mass is 16.5. The van der Waals surface area contributed by atoms with Crippen molar-refractivity contribution in [1.82, 2.24) is 4.90 Å². The molecule has 1 aromatic rings. The molecular weight excluding hydrogens is 400 g/mol. The van der Waals surface area contributed by atoms with Crippen molar-refractivity contribution >= 4 is 11.6 Å². The highest BCUT2D eigenvalue weighted by molar-refractivity contribution is 5.97. The van der Waals surface area contributed by atoms with Crippen LogP contribution in [-0.2, 0) is 9.53 Å². The van der Waals surface area contributed by atoms with Crippen molar-refractivity contribution in [3.63, 3.8) is 0 Å². The number of nitrogens with zero attached hydrogens (tertiary/aromatic N) is 1. The van der Waals surface area contributed by atoms with Gasteiger partial charge >= 0.3 is 0 Å². The summed E-state index contributed by atoms with van der Waals surface area (Å²) in [7, 11) is 0. The maximum absolute atomic E-state index is 13.3. The first kappa shape index (κ1) is 26.7. The second-order valence-electron chi connectivity index (χ2n) is 10.4. The van der Waals surface area contributed by atoms with E-state index in [0.717, 1.165) is 30.3 Å². The van der Waals surface area contributed by atoms with E-state index in [9.17, 15) is 4.79 Å². The number of hydrogen-bond acceptors (Lipinski definition) is 4. The average Bonchev–Trinajstić information content (AvgIpc) is 2.71. The molecule has 1 heterocycles. The van der Waals surface area contributed by atoms with Crippen molar-refractivity contribution in [2.45, 2.75) is 79.2 Å². The number of anilines is 1. The summed E-state index contributed by atoms with van der Waals surface area (Å²) in [6.07, 6.45) is 5.13. The number of benzene rings is 1. The molecule has 1 saturated heterocycles. The van der Waals surface area contributed by atoms with Gasteiger partial charge in [0.05, 0.1) is 6.61 Å². The van der Waals surface area contributed by atoms with Crippen molar-refractivity contribution in [2.75, 3.05) is 38.2 Å². The third-order valence-corrected chi connectivity index (χ3v) is 6.05.